The van der Waals surface area contributed by atoms with Gasteiger partial charge in [0.2, 0.25) is 5.91 Å². The number of nitrogens with one attached hydrogen (secondary N) is 4. The normalized spacial score (nSPS) is 10.2. The number of halogens is 1. The van der Waals surface area contributed by atoms with Crippen molar-refractivity contribution in [3.8, 4) is 0 Å². The summed E-state index contributed by atoms with van der Waals surface area (Å²) in [5, 5.41) is 16.7. The molecule has 0 radical (unpaired) electrons. The second-order valence-electron chi connectivity index (χ2n) is 6.62. The van der Waals surface area contributed by atoms with Crippen LogP contribution in [-0.4, -0.2) is 29.2 Å². The summed E-state index contributed by atoms with van der Waals surface area (Å²) in [6, 6.07) is 15.2. The molecule has 0 aliphatic heterocycles. The Bertz CT molecular complexity index is 1100. The Morgan fingerprint density at radius 1 is 1.06 bits per heavy atom. The van der Waals surface area contributed by atoms with E-state index in [1.807, 2.05) is 0 Å². The van der Waals surface area contributed by atoms with Crippen molar-refractivity contribution in [3.05, 3.63) is 88.7 Å². The van der Waals surface area contributed by atoms with Crippen molar-refractivity contribution < 1.29 is 9.59 Å². The third-order valence-electron chi connectivity index (χ3n) is 4.33. The zero-order valence-corrected chi connectivity index (χ0v) is 17.2. The molecule has 0 aliphatic carbocycles. The lowest BCUT2D eigenvalue weighted by atomic mass is 10.1. The number of amides is 2. The number of rotatable bonds is 8. The van der Waals surface area contributed by atoms with E-state index in [-0.39, 0.29) is 30.7 Å². The van der Waals surface area contributed by atoms with E-state index in [9.17, 15) is 9.59 Å². The zero-order valence-electron chi connectivity index (χ0n) is 16.5. The molecule has 0 aliphatic rings. The van der Waals surface area contributed by atoms with Crippen LogP contribution >= 0.6 is 11.6 Å². The van der Waals surface area contributed by atoms with Crippen molar-refractivity contribution in [3.63, 3.8) is 0 Å². The van der Waals surface area contributed by atoms with Crippen LogP contribution in [0.25, 0.3) is 0 Å². The number of nitrogen functional groups attached to an aromatic ring is 1. The molecule has 158 valence electrons. The summed E-state index contributed by atoms with van der Waals surface area (Å²) >= 11 is 5.94. The second-order valence-corrected chi connectivity index (χ2v) is 7.06. The van der Waals surface area contributed by atoms with Gasteiger partial charge in [0, 0.05) is 34.6 Å². The molecule has 0 unspecified atom stereocenters. The summed E-state index contributed by atoms with van der Waals surface area (Å²) < 4.78 is 0. The van der Waals surface area contributed by atoms with E-state index < -0.39 is 0 Å². The second kappa shape index (κ2) is 10.2. The van der Waals surface area contributed by atoms with Crippen molar-refractivity contribution in [1.82, 2.24) is 10.3 Å². The van der Waals surface area contributed by atoms with Gasteiger partial charge < -0.3 is 21.7 Å². The first-order chi connectivity index (χ1) is 14.9. The lowest BCUT2D eigenvalue weighted by Gasteiger charge is -2.15. The molecular formula is C22H21ClN6O2. The number of nitrogens with two attached hydrogens (primary N) is 1. The van der Waals surface area contributed by atoms with Gasteiger partial charge in [-0.3, -0.25) is 20.0 Å². The van der Waals surface area contributed by atoms with E-state index in [1.165, 1.54) is 0 Å². The van der Waals surface area contributed by atoms with Crippen molar-refractivity contribution >= 4 is 40.6 Å². The van der Waals surface area contributed by atoms with Crippen LogP contribution in [0.4, 0.5) is 11.4 Å². The topological polar surface area (TPSA) is 133 Å². The van der Waals surface area contributed by atoms with Gasteiger partial charge in [0.25, 0.3) is 5.91 Å². The Kier molecular flexibility index (Phi) is 7.18. The molecule has 1 heterocycles. The van der Waals surface area contributed by atoms with Gasteiger partial charge in [0.05, 0.1) is 18.4 Å². The molecule has 8 nitrogen and oxygen atoms in total. The lowest BCUT2D eigenvalue weighted by molar-refractivity contribution is -0.114. The van der Waals surface area contributed by atoms with E-state index in [0.717, 1.165) is 5.56 Å². The highest BCUT2D eigenvalue weighted by Gasteiger charge is 2.11. The Labute approximate surface area is 184 Å². The van der Waals surface area contributed by atoms with Crippen LogP contribution < -0.4 is 21.7 Å². The standard InChI is InChI=1S/C22H21ClN6O2/c23-17-4-1-3-15(9-17)22(31)28-11-16-7-6-14(21(24)25)10-19(16)27-13-20(30)29-18-5-2-8-26-12-18/h1-10,12,27H,11,13H2,(H3,24,25)(H,28,31)(H,29,30). The van der Waals surface area contributed by atoms with E-state index >= 15 is 0 Å². The largest absolute Gasteiger partial charge is 0.384 e. The molecule has 0 saturated heterocycles. The summed E-state index contributed by atoms with van der Waals surface area (Å²) in [5.74, 6) is -0.647. The van der Waals surface area contributed by atoms with Crippen LogP contribution in [0.1, 0.15) is 21.5 Å². The molecule has 0 atom stereocenters. The van der Waals surface area contributed by atoms with Gasteiger partial charge in [0.1, 0.15) is 5.84 Å². The minimum absolute atomic E-state index is 0.0223. The number of hydrogen-bond acceptors (Lipinski definition) is 5. The molecule has 3 rings (SSSR count). The minimum atomic E-state index is -0.279. The summed E-state index contributed by atoms with van der Waals surface area (Å²) in [7, 11) is 0. The molecule has 9 heteroatoms. The lowest BCUT2D eigenvalue weighted by Crippen LogP contribution is -2.25. The minimum Gasteiger partial charge on any atom is -0.384 e. The van der Waals surface area contributed by atoms with Gasteiger partial charge >= 0.3 is 0 Å². The highest BCUT2D eigenvalue weighted by molar-refractivity contribution is 6.30. The highest BCUT2D eigenvalue weighted by Crippen LogP contribution is 2.18. The van der Waals surface area contributed by atoms with E-state index in [4.69, 9.17) is 22.7 Å². The van der Waals surface area contributed by atoms with Crippen LogP contribution in [0, 0.1) is 5.41 Å². The van der Waals surface area contributed by atoms with Crippen molar-refractivity contribution in [2.45, 2.75) is 6.54 Å². The number of anilines is 2. The smallest absolute Gasteiger partial charge is 0.251 e. The number of amidine groups is 1. The molecule has 6 N–H and O–H groups in total. The zero-order chi connectivity index (χ0) is 22.2. The number of nitrogens with zero attached hydrogens (tertiary/aromatic N) is 1. The first kappa shape index (κ1) is 21.8. The van der Waals surface area contributed by atoms with Crippen molar-refractivity contribution in [2.24, 2.45) is 5.73 Å². The van der Waals surface area contributed by atoms with Gasteiger partial charge in [-0.15, -0.1) is 0 Å². The monoisotopic (exact) mass is 436 g/mol. The average Bonchev–Trinajstić information content (AvgIpc) is 2.77. The summed E-state index contributed by atoms with van der Waals surface area (Å²) in [6.45, 7) is 0.182. The van der Waals surface area contributed by atoms with E-state index in [1.54, 1.807) is 67.0 Å². The molecule has 0 spiro atoms. The predicted octanol–water partition coefficient (Wildman–Crippen LogP) is 3.00. The van der Waals surface area contributed by atoms with Crippen LogP contribution in [0.2, 0.25) is 5.02 Å². The molecule has 0 fully saturated rings. The quantitative estimate of drug-likeness (QED) is 0.273. The summed E-state index contributed by atoms with van der Waals surface area (Å²) in [6.07, 6.45) is 3.16. The number of pyridine rings is 1. The number of carbonyl (C=O) groups excluding carboxylic acids is 2. The number of benzene rings is 2. The van der Waals surface area contributed by atoms with E-state index in [0.29, 0.717) is 27.5 Å². The number of aromatic nitrogens is 1. The fourth-order valence-corrected chi connectivity index (χ4v) is 2.98. The molecular weight excluding hydrogens is 416 g/mol. The fourth-order valence-electron chi connectivity index (χ4n) is 2.79. The Morgan fingerprint density at radius 3 is 2.61 bits per heavy atom. The maximum atomic E-state index is 12.4. The fraction of sp³-hybridized carbons (Fsp3) is 0.0909. The summed E-state index contributed by atoms with van der Waals surface area (Å²) in [5.41, 5.74) is 8.43. The van der Waals surface area contributed by atoms with Crippen molar-refractivity contribution in [2.75, 3.05) is 17.2 Å². The van der Waals surface area contributed by atoms with E-state index in [2.05, 4.69) is 20.9 Å². The van der Waals surface area contributed by atoms with Crippen LogP contribution in [0.15, 0.2) is 67.0 Å². The van der Waals surface area contributed by atoms with Crippen LogP contribution in [0.5, 0.6) is 0 Å². The predicted molar refractivity (Wildman–Crippen MR) is 121 cm³/mol. The van der Waals surface area contributed by atoms with Crippen LogP contribution in [-0.2, 0) is 11.3 Å². The Morgan fingerprint density at radius 2 is 1.90 bits per heavy atom. The molecule has 3 aromatic rings. The molecule has 0 bridgehead atoms. The Hall–Kier alpha value is -3.91. The molecule has 1 aromatic heterocycles. The SMILES string of the molecule is N=C(N)c1ccc(CNC(=O)c2cccc(Cl)c2)c(NCC(=O)Nc2cccnc2)c1. The Balaban J connectivity index is 1.69. The summed E-state index contributed by atoms with van der Waals surface area (Å²) in [4.78, 5) is 28.6. The third kappa shape index (κ3) is 6.28. The first-order valence-corrected chi connectivity index (χ1v) is 9.75. The third-order valence-corrected chi connectivity index (χ3v) is 4.57. The molecule has 2 aromatic carbocycles. The van der Waals surface area contributed by atoms with Gasteiger partial charge in [-0.25, -0.2) is 0 Å². The first-order valence-electron chi connectivity index (χ1n) is 9.37. The number of carbonyl (C=O) groups is 2. The highest BCUT2D eigenvalue weighted by atomic mass is 35.5. The molecule has 2 amide bonds. The van der Waals surface area contributed by atoms with Gasteiger partial charge in [-0.1, -0.05) is 29.8 Å². The van der Waals surface area contributed by atoms with Gasteiger partial charge in [-0.05, 0) is 42.0 Å². The maximum absolute atomic E-state index is 12.4. The van der Waals surface area contributed by atoms with Crippen LogP contribution in [0.3, 0.4) is 0 Å². The number of hydrogen-bond donors (Lipinski definition) is 5. The average molecular weight is 437 g/mol. The maximum Gasteiger partial charge on any atom is 0.251 e. The van der Waals surface area contributed by atoms with Crippen molar-refractivity contribution in [1.29, 1.82) is 5.41 Å². The molecule has 0 saturated carbocycles. The molecule has 31 heavy (non-hydrogen) atoms. The van der Waals surface area contributed by atoms with Gasteiger partial charge in [-0.2, -0.15) is 0 Å². The van der Waals surface area contributed by atoms with Gasteiger partial charge in [0.15, 0.2) is 0 Å².